The van der Waals surface area contributed by atoms with Crippen molar-refractivity contribution in [3.05, 3.63) is 0 Å². The van der Waals surface area contributed by atoms with Crippen molar-refractivity contribution in [3.63, 3.8) is 0 Å². The quantitative estimate of drug-likeness (QED) is 0.768. The fourth-order valence-electron chi connectivity index (χ4n) is 2.00. The molecule has 0 saturated carbocycles. The normalized spacial score (nSPS) is 28.3. The zero-order valence-electron chi connectivity index (χ0n) is 10.3. The van der Waals surface area contributed by atoms with Gasteiger partial charge in [0.2, 0.25) is 0 Å². The number of Topliss-reactive ketones (excluding diaryl/α,β-unsaturated/α-hetero) is 1. The maximum atomic E-state index is 11.9. The summed E-state index contributed by atoms with van der Waals surface area (Å²) in [5, 5.41) is 9.27. The van der Waals surface area contributed by atoms with Crippen LogP contribution in [0.3, 0.4) is 0 Å². The number of rotatable bonds is 3. The number of carbonyl (C=O) groups is 1. The van der Waals surface area contributed by atoms with Gasteiger partial charge in [-0.1, -0.05) is 27.7 Å². The van der Waals surface area contributed by atoms with E-state index in [-0.39, 0.29) is 23.8 Å². The second-order valence-corrected chi connectivity index (χ2v) is 5.66. The van der Waals surface area contributed by atoms with E-state index >= 15 is 0 Å². The van der Waals surface area contributed by atoms with Crippen LogP contribution in [0.5, 0.6) is 0 Å². The van der Waals surface area contributed by atoms with Gasteiger partial charge < -0.3 is 5.11 Å². The van der Waals surface area contributed by atoms with Crippen LogP contribution in [0.4, 0.5) is 0 Å². The summed E-state index contributed by atoms with van der Waals surface area (Å²) in [4.78, 5) is 14.0. The SMILES string of the molecule is CC1CCN(CC(=O)C(C)(C)C)C1CO. The van der Waals surface area contributed by atoms with Crippen LogP contribution < -0.4 is 0 Å². The molecule has 3 nitrogen and oxygen atoms in total. The third-order valence-corrected chi connectivity index (χ3v) is 3.37. The highest BCUT2D eigenvalue weighted by atomic mass is 16.3. The average molecular weight is 213 g/mol. The van der Waals surface area contributed by atoms with E-state index in [1.165, 1.54) is 0 Å². The molecule has 0 amide bonds. The van der Waals surface area contributed by atoms with Crippen molar-refractivity contribution in [1.82, 2.24) is 4.90 Å². The summed E-state index contributed by atoms with van der Waals surface area (Å²) >= 11 is 0. The summed E-state index contributed by atoms with van der Waals surface area (Å²) in [6, 6.07) is 0.177. The monoisotopic (exact) mass is 213 g/mol. The van der Waals surface area contributed by atoms with Crippen LogP contribution in [0.1, 0.15) is 34.1 Å². The molecule has 1 rings (SSSR count). The predicted octanol–water partition coefficient (Wildman–Crippen LogP) is 1.30. The van der Waals surface area contributed by atoms with Gasteiger partial charge >= 0.3 is 0 Å². The van der Waals surface area contributed by atoms with Crippen molar-refractivity contribution >= 4 is 5.78 Å². The van der Waals surface area contributed by atoms with E-state index in [1.54, 1.807) is 0 Å². The van der Waals surface area contributed by atoms with Crippen LogP contribution in [-0.2, 0) is 4.79 Å². The van der Waals surface area contributed by atoms with E-state index in [9.17, 15) is 9.90 Å². The lowest BCUT2D eigenvalue weighted by Gasteiger charge is -2.27. The summed E-state index contributed by atoms with van der Waals surface area (Å²) in [7, 11) is 0. The number of nitrogens with zero attached hydrogens (tertiary/aromatic N) is 1. The second-order valence-electron chi connectivity index (χ2n) is 5.66. The fraction of sp³-hybridized carbons (Fsp3) is 0.917. The molecule has 15 heavy (non-hydrogen) atoms. The highest BCUT2D eigenvalue weighted by Gasteiger charge is 2.33. The van der Waals surface area contributed by atoms with Gasteiger partial charge in [-0.05, 0) is 18.9 Å². The Morgan fingerprint density at radius 3 is 2.53 bits per heavy atom. The van der Waals surface area contributed by atoms with Gasteiger partial charge in [0.15, 0.2) is 5.78 Å². The van der Waals surface area contributed by atoms with E-state index in [1.807, 2.05) is 20.8 Å². The lowest BCUT2D eigenvalue weighted by molar-refractivity contribution is -0.127. The zero-order valence-corrected chi connectivity index (χ0v) is 10.3. The third kappa shape index (κ3) is 3.02. The lowest BCUT2D eigenvalue weighted by atomic mass is 9.90. The fourth-order valence-corrected chi connectivity index (χ4v) is 2.00. The van der Waals surface area contributed by atoms with E-state index in [0.29, 0.717) is 12.5 Å². The van der Waals surface area contributed by atoms with Gasteiger partial charge in [0, 0.05) is 11.5 Å². The summed E-state index contributed by atoms with van der Waals surface area (Å²) < 4.78 is 0. The molecule has 1 heterocycles. The average Bonchev–Trinajstić information content (AvgIpc) is 2.45. The molecule has 0 aromatic heterocycles. The van der Waals surface area contributed by atoms with E-state index in [2.05, 4.69) is 11.8 Å². The lowest BCUT2D eigenvalue weighted by Crippen LogP contribution is -2.41. The first kappa shape index (κ1) is 12.7. The van der Waals surface area contributed by atoms with Crippen LogP contribution in [-0.4, -0.2) is 41.5 Å². The molecular weight excluding hydrogens is 190 g/mol. The number of aliphatic hydroxyl groups is 1. The Morgan fingerprint density at radius 2 is 2.07 bits per heavy atom. The van der Waals surface area contributed by atoms with Crippen LogP contribution in [0.25, 0.3) is 0 Å². The summed E-state index contributed by atoms with van der Waals surface area (Å²) in [6.45, 7) is 9.57. The molecule has 0 aromatic carbocycles. The molecule has 2 unspecified atom stereocenters. The van der Waals surface area contributed by atoms with Crippen LogP contribution >= 0.6 is 0 Å². The van der Waals surface area contributed by atoms with Gasteiger partial charge in [0.25, 0.3) is 0 Å². The molecule has 0 bridgehead atoms. The van der Waals surface area contributed by atoms with E-state index in [4.69, 9.17) is 0 Å². The molecule has 2 atom stereocenters. The first-order chi connectivity index (χ1) is 6.86. The topological polar surface area (TPSA) is 40.5 Å². The summed E-state index contributed by atoms with van der Waals surface area (Å²) in [6.07, 6.45) is 1.09. The number of ketones is 1. The van der Waals surface area contributed by atoms with Gasteiger partial charge in [0.1, 0.15) is 0 Å². The standard InChI is InChI=1S/C12H23NO2/c1-9-5-6-13(10(9)8-14)7-11(15)12(2,3)4/h9-10,14H,5-8H2,1-4H3. The molecule has 0 spiro atoms. The Hall–Kier alpha value is -0.410. The largest absolute Gasteiger partial charge is 0.395 e. The molecule has 1 fully saturated rings. The minimum absolute atomic E-state index is 0.165. The van der Waals surface area contributed by atoms with Gasteiger partial charge in [0.05, 0.1) is 13.2 Å². The molecule has 88 valence electrons. The van der Waals surface area contributed by atoms with Crippen molar-refractivity contribution < 1.29 is 9.90 Å². The number of carbonyl (C=O) groups excluding carboxylic acids is 1. The van der Waals surface area contributed by atoms with Gasteiger partial charge in [-0.2, -0.15) is 0 Å². The Kier molecular flexibility index (Phi) is 3.90. The zero-order chi connectivity index (χ0) is 11.6. The van der Waals surface area contributed by atoms with Crippen molar-refractivity contribution in [2.24, 2.45) is 11.3 Å². The highest BCUT2D eigenvalue weighted by molar-refractivity contribution is 5.85. The first-order valence-electron chi connectivity index (χ1n) is 5.74. The van der Waals surface area contributed by atoms with Crippen LogP contribution in [0.15, 0.2) is 0 Å². The number of aliphatic hydroxyl groups excluding tert-OH is 1. The minimum Gasteiger partial charge on any atom is -0.395 e. The first-order valence-corrected chi connectivity index (χ1v) is 5.74. The molecule has 1 N–H and O–H groups in total. The number of hydrogen-bond acceptors (Lipinski definition) is 3. The van der Waals surface area contributed by atoms with Gasteiger partial charge in [-0.3, -0.25) is 9.69 Å². The number of likely N-dealkylation sites (tertiary alicyclic amines) is 1. The van der Waals surface area contributed by atoms with E-state index < -0.39 is 0 Å². The molecule has 1 aliphatic rings. The number of hydrogen-bond donors (Lipinski definition) is 1. The van der Waals surface area contributed by atoms with Gasteiger partial charge in [-0.15, -0.1) is 0 Å². The van der Waals surface area contributed by atoms with Crippen LogP contribution in [0.2, 0.25) is 0 Å². The highest BCUT2D eigenvalue weighted by Crippen LogP contribution is 2.25. The Morgan fingerprint density at radius 1 is 1.47 bits per heavy atom. The molecule has 3 heteroatoms. The van der Waals surface area contributed by atoms with Crippen molar-refractivity contribution in [2.75, 3.05) is 19.7 Å². The van der Waals surface area contributed by atoms with Crippen molar-refractivity contribution in [2.45, 2.75) is 40.2 Å². The minimum atomic E-state index is -0.272. The van der Waals surface area contributed by atoms with Gasteiger partial charge in [-0.25, -0.2) is 0 Å². The Bertz CT molecular complexity index is 232. The molecule has 0 aliphatic carbocycles. The Balaban J connectivity index is 2.56. The van der Waals surface area contributed by atoms with Crippen LogP contribution in [0, 0.1) is 11.3 Å². The molecule has 1 aliphatic heterocycles. The predicted molar refractivity (Wildman–Crippen MR) is 60.7 cm³/mol. The van der Waals surface area contributed by atoms with E-state index in [0.717, 1.165) is 13.0 Å². The molecular formula is C12H23NO2. The smallest absolute Gasteiger partial charge is 0.152 e. The maximum Gasteiger partial charge on any atom is 0.152 e. The molecule has 1 saturated heterocycles. The molecule has 0 radical (unpaired) electrons. The maximum absolute atomic E-state index is 11.9. The third-order valence-electron chi connectivity index (χ3n) is 3.37. The van der Waals surface area contributed by atoms with Crippen molar-refractivity contribution in [3.8, 4) is 0 Å². The second kappa shape index (κ2) is 4.62. The van der Waals surface area contributed by atoms with Crippen molar-refractivity contribution in [1.29, 1.82) is 0 Å². The summed E-state index contributed by atoms with van der Waals surface area (Å²) in [5.74, 6) is 0.762. The molecule has 0 aromatic rings. The summed E-state index contributed by atoms with van der Waals surface area (Å²) in [5.41, 5.74) is -0.272. The Labute approximate surface area is 92.5 Å².